The lowest BCUT2D eigenvalue weighted by atomic mass is 10.3. The Hall–Kier alpha value is -2.37. The maximum absolute atomic E-state index is 13.5. The summed E-state index contributed by atoms with van der Waals surface area (Å²) in [5, 5.41) is 0. The number of nitrogens with two attached hydrogens (primary N) is 1. The van der Waals surface area contributed by atoms with Crippen LogP contribution >= 0.6 is 0 Å². The Morgan fingerprint density at radius 2 is 2.17 bits per heavy atom. The van der Waals surface area contributed by atoms with Gasteiger partial charge in [-0.15, -0.1) is 0 Å². The minimum absolute atomic E-state index is 0.0560. The van der Waals surface area contributed by atoms with Crippen LogP contribution in [-0.4, -0.2) is 9.55 Å². The number of hydrogen-bond acceptors (Lipinski definition) is 3. The number of rotatable bonds is 2. The van der Waals surface area contributed by atoms with Gasteiger partial charge >= 0.3 is 0 Å². The maximum Gasteiger partial charge on any atom is 0.201 e. The second-order valence-electron chi connectivity index (χ2n) is 3.89. The van der Waals surface area contributed by atoms with Crippen molar-refractivity contribution in [3.05, 3.63) is 47.9 Å². The Bertz CT molecular complexity index is 704. The first-order chi connectivity index (χ1) is 8.65. The molecule has 6 heteroatoms. The zero-order chi connectivity index (χ0) is 12.7. The van der Waals surface area contributed by atoms with E-state index in [9.17, 15) is 8.78 Å². The van der Waals surface area contributed by atoms with E-state index in [4.69, 9.17) is 10.2 Å². The highest BCUT2D eigenvalue weighted by atomic mass is 19.1. The maximum atomic E-state index is 13.5. The number of hydrogen-bond donors (Lipinski definition) is 1. The normalized spacial score (nSPS) is 11.2. The molecule has 3 rings (SSSR count). The van der Waals surface area contributed by atoms with Crippen molar-refractivity contribution in [2.75, 3.05) is 5.73 Å². The molecule has 0 saturated carbocycles. The summed E-state index contributed by atoms with van der Waals surface area (Å²) in [6.45, 7) is 0.276. The van der Waals surface area contributed by atoms with Crippen molar-refractivity contribution in [3.8, 4) is 0 Å². The molecule has 3 aromatic rings. The van der Waals surface area contributed by atoms with E-state index >= 15 is 0 Å². The molecule has 0 unspecified atom stereocenters. The minimum atomic E-state index is -0.727. The summed E-state index contributed by atoms with van der Waals surface area (Å²) in [6.07, 6.45) is 1.52. The van der Waals surface area contributed by atoms with E-state index in [1.54, 1.807) is 12.1 Å². The van der Waals surface area contributed by atoms with Crippen molar-refractivity contribution < 1.29 is 13.2 Å². The Kier molecular flexibility index (Phi) is 2.29. The van der Waals surface area contributed by atoms with Crippen LogP contribution < -0.4 is 5.73 Å². The standard InChI is InChI=1S/C12H9F2N3O/c13-7-4-9(14)11-10(5-7)17(12(15)16-11)6-8-2-1-3-18-8/h1-5H,6H2,(H2,15,16). The third-order valence-corrected chi connectivity index (χ3v) is 2.70. The molecule has 1 aromatic carbocycles. The molecule has 0 bridgehead atoms. The van der Waals surface area contributed by atoms with Crippen LogP contribution in [0.4, 0.5) is 14.7 Å². The molecule has 0 amide bonds. The van der Waals surface area contributed by atoms with E-state index in [0.717, 1.165) is 6.07 Å². The van der Waals surface area contributed by atoms with Gasteiger partial charge in [-0.05, 0) is 12.1 Å². The first-order valence-corrected chi connectivity index (χ1v) is 5.28. The summed E-state index contributed by atoms with van der Waals surface area (Å²) in [5.41, 5.74) is 6.07. The van der Waals surface area contributed by atoms with Crippen LogP contribution in [0.15, 0.2) is 34.9 Å². The lowest BCUT2D eigenvalue weighted by Crippen LogP contribution is -2.03. The Balaban J connectivity index is 2.19. The number of aromatic nitrogens is 2. The summed E-state index contributed by atoms with van der Waals surface area (Å²) in [4.78, 5) is 3.89. The van der Waals surface area contributed by atoms with Crippen molar-refractivity contribution in [1.29, 1.82) is 0 Å². The van der Waals surface area contributed by atoms with Crippen molar-refractivity contribution in [3.63, 3.8) is 0 Å². The molecular formula is C12H9F2N3O. The summed E-state index contributed by atoms with van der Waals surface area (Å²) in [7, 11) is 0. The molecular weight excluding hydrogens is 240 g/mol. The van der Waals surface area contributed by atoms with Gasteiger partial charge < -0.3 is 14.7 Å². The van der Waals surface area contributed by atoms with Crippen LogP contribution in [0.5, 0.6) is 0 Å². The smallest absolute Gasteiger partial charge is 0.201 e. The SMILES string of the molecule is Nc1nc2c(F)cc(F)cc2n1Cc1ccco1. The number of imidazole rings is 1. The summed E-state index contributed by atoms with van der Waals surface area (Å²) < 4.78 is 33.4. The Morgan fingerprint density at radius 1 is 1.33 bits per heavy atom. The van der Waals surface area contributed by atoms with Crippen molar-refractivity contribution in [1.82, 2.24) is 9.55 Å². The molecule has 0 saturated heterocycles. The van der Waals surface area contributed by atoms with Crippen LogP contribution in [0.3, 0.4) is 0 Å². The lowest BCUT2D eigenvalue weighted by molar-refractivity contribution is 0.497. The number of furan rings is 1. The van der Waals surface area contributed by atoms with Gasteiger partial charge in [-0.3, -0.25) is 0 Å². The highest BCUT2D eigenvalue weighted by molar-refractivity contribution is 5.79. The minimum Gasteiger partial charge on any atom is -0.467 e. The van der Waals surface area contributed by atoms with Crippen molar-refractivity contribution in [2.24, 2.45) is 0 Å². The monoisotopic (exact) mass is 249 g/mol. The third-order valence-electron chi connectivity index (χ3n) is 2.70. The van der Waals surface area contributed by atoms with Gasteiger partial charge in [-0.25, -0.2) is 13.8 Å². The Labute approximate surface area is 101 Å². The summed E-state index contributed by atoms with van der Waals surface area (Å²) >= 11 is 0. The largest absolute Gasteiger partial charge is 0.467 e. The van der Waals surface area contributed by atoms with Crippen molar-refractivity contribution in [2.45, 2.75) is 6.54 Å². The van der Waals surface area contributed by atoms with E-state index in [-0.39, 0.29) is 18.0 Å². The van der Waals surface area contributed by atoms with Gasteiger partial charge in [0.2, 0.25) is 5.95 Å². The molecule has 0 aliphatic rings. The zero-order valence-electron chi connectivity index (χ0n) is 9.23. The zero-order valence-corrected chi connectivity index (χ0v) is 9.23. The lowest BCUT2D eigenvalue weighted by Gasteiger charge is -2.03. The highest BCUT2D eigenvalue weighted by Crippen LogP contribution is 2.23. The number of benzene rings is 1. The second kappa shape index (κ2) is 3.83. The van der Waals surface area contributed by atoms with E-state index in [0.29, 0.717) is 11.3 Å². The number of halogens is 2. The first kappa shape index (κ1) is 10.8. The first-order valence-electron chi connectivity index (χ1n) is 5.28. The van der Waals surface area contributed by atoms with Crippen LogP contribution in [0.2, 0.25) is 0 Å². The van der Waals surface area contributed by atoms with Crippen molar-refractivity contribution >= 4 is 17.0 Å². The predicted molar refractivity (Wildman–Crippen MR) is 61.9 cm³/mol. The summed E-state index contributed by atoms with van der Waals surface area (Å²) in [5.74, 6) is -0.646. The van der Waals surface area contributed by atoms with Gasteiger partial charge in [0.1, 0.15) is 17.1 Å². The molecule has 0 atom stereocenters. The number of nitrogens with zero attached hydrogens (tertiary/aromatic N) is 2. The average Bonchev–Trinajstić information content (AvgIpc) is 2.91. The van der Waals surface area contributed by atoms with Gasteiger partial charge in [-0.2, -0.15) is 0 Å². The van der Waals surface area contributed by atoms with Crippen LogP contribution in [0, 0.1) is 11.6 Å². The molecule has 4 nitrogen and oxygen atoms in total. The molecule has 0 spiro atoms. The van der Waals surface area contributed by atoms with Crippen LogP contribution in [-0.2, 0) is 6.54 Å². The predicted octanol–water partition coefficient (Wildman–Crippen LogP) is 2.54. The molecule has 0 aliphatic carbocycles. The molecule has 0 fully saturated rings. The molecule has 2 heterocycles. The fraction of sp³-hybridized carbons (Fsp3) is 0.0833. The number of anilines is 1. The summed E-state index contributed by atoms with van der Waals surface area (Å²) in [6, 6.07) is 5.46. The van der Waals surface area contributed by atoms with Gasteiger partial charge in [0.15, 0.2) is 5.82 Å². The van der Waals surface area contributed by atoms with Crippen LogP contribution in [0.1, 0.15) is 5.76 Å². The van der Waals surface area contributed by atoms with E-state index in [2.05, 4.69) is 4.98 Å². The molecule has 92 valence electrons. The number of nitrogen functional groups attached to an aromatic ring is 1. The molecule has 0 aliphatic heterocycles. The fourth-order valence-electron chi connectivity index (χ4n) is 1.89. The van der Waals surface area contributed by atoms with E-state index in [1.807, 2.05) is 0 Å². The molecule has 0 radical (unpaired) electrons. The second-order valence-corrected chi connectivity index (χ2v) is 3.89. The third kappa shape index (κ3) is 1.62. The van der Waals surface area contributed by atoms with Gasteiger partial charge in [-0.1, -0.05) is 0 Å². The van der Waals surface area contributed by atoms with E-state index < -0.39 is 11.6 Å². The highest BCUT2D eigenvalue weighted by Gasteiger charge is 2.14. The molecule has 2 aromatic heterocycles. The van der Waals surface area contributed by atoms with Crippen LogP contribution in [0.25, 0.3) is 11.0 Å². The molecule has 2 N–H and O–H groups in total. The average molecular weight is 249 g/mol. The topological polar surface area (TPSA) is 57.0 Å². The quantitative estimate of drug-likeness (QED) is 0.759. The number of fused-ring (bicyclic) bond motifs is 1. The van der Waals surface area contributed by atoms with Gasteiger partial charge in [0, 0.05) is 12.1 Å². The Morgan fingerprint density at radius 3 is 2.89 bits per heavy atom. The van der Waals surface area contributed by atoms with E-state index in [1.165, 1.54) is 16.9 Å². The van der Waals surface area contributed by atoms with Gasteiger partial charge in [0.25, 0.3) is 0 Å². The van der Waals surface area contributed by atoms with Gasteiger partial charge in [0.05, 0.1) is 18.3 Å². The molecule has 18 heavy (non-hydrogen) atoms. The fourth-order valence-corrected chi connectivity index (χ4v) is 1.89.